The molecule has 3 aromatic rings. The number of benzene rings is 2. The molecule has 2 N–H and O–H groups in total. The number of hydrogen-bond donors (Lipinski definition) is 2. The molecule has 3 rings (SSSR count). The number of halogens is 2. The van der Waals surface area contributed by atoms with Crippen LogP contribution in [0.5, 0.6) is 0 Å². The van der Waals surface area contributed by atoms with Gasteiger partial charge in [0.2, 0.25) is 11.8 Å². The Kier molecular flexibility index (Phi) is 6.55. The fourth-order valence-electron chi connectivity index (χ4n) is 2.39. The normalized spacial score (nSPS) is 10.6. The van der Waals surface area contributed by atoms with Gasteiger partial charge in [0.1, 0.15) is 11.6 Å². The van der Waals surface area contributed by atoms with Crippen LogP contribution in [0.1, 0.15) is 0 Å². The molecular formula is C19H17F2N5O2S. The van der Waals surface area contributed by atoms with Gasteiger partial charge >= 0.3 is 0 Å². The summed E-state index contributed by atoms with van der Waals surface area (Å²) in [6.45, 7) is -0.212. The van der Waals surface area contributed by atoms with Crippen LogP contribution in [0.15, 0.2) is 53.7 Å². The standard InChI is InChI=1S/C19H17F2N5O2S/c1-26-18(12-2-4-13(20)5-3-12)24-25-19(26)29-11-17(28)22-10-16(27)23-15-8-6-14(21)7-9-15/h2-9H,10-11H2,1H3,(H,22,28)(H,23,27). The van der Waals surface area contributed by atoms with E-state index in [9.17, 15) is 18.4 Å². The van der Waals surface area contributed by atoms with Crippen LogP contribution in [-0.4, -0.2) is 38.9 Å². The summed E-state index contributed by atoms with van der Waals surface area (Å²) < 4.78 is 27.6. The highest BCUT2D eigenvalue weighted by Gasteiger charge is 2.13. The number of thioether (sulfide) groups is 1. The van der Waals surface area contributed by atoms with E-state index in [1.807, 2.05) is 0 Å². The van der Waals surface area contributed by atoms with Crippen molar-refractivity contribution >= 4 is 29.3 Å². The van der Waals surface area contributed by atoms with E-state index in [2.05, 4.69) is 20.8 Å². The summed E-state index contributed by atoms with van der Waals surface area (Å²) in [6, 6.07) is 11.2. The first-order chi connectivity index (χ1) is 13.9. The third-order valence-electron chi connectivity index (χ3n) is 3.84. The Morgan fingerprint density at radius 2 is 1.59 bits per heavy atom. The molecule has 0 atom stereocenters. The predicted molar refractivity (Wildman–Crippen MR) is 105 cm³/mol. The molecule has 0 saturated carbocycles. The molecule has 2 amide bonds. The fourth-order valence-corrected chi connectivity index (χ4v) is 3.13. The van der Waals surface area contributed by atoms with Crippen molar-refractivity contribution in [1.29, 1.82) is 0 Å². The quantitative estimate of drug-likeness (QED) is 0.577. The van der Waals surface area contributed by atoms with Crippen LogP contribution in [0.25, 0.3) is 11.4 Å². The molecule has 10 heteroatoms. The Balaban J connectivity index is 1.47. The molecule has 7 nitrogen and oxygen atoms in total. The maximum atomic E-state index is 13.1. The highest BCUT2D eigenvalue weighted by atomic mass is 32.2. The van der Waals surface area contributed by atoms with Gasteiger partial charge in [-0.15, -0.1) is 10.2 Å². The molecule has 0 spiro atoms. The van der Waals surface area contributed by atoms with Crippen molar-refractivity contribution < 1.29 is 18.4 Å². The van der Waals surface area contributed by atoms with Crippen molar-refractivity contribution in [2.45, 2.75) is 5.16 Å². The van der Waals surface area contributed by atoms with E-state index in [0.29, 0.717) is 22.2 Å². The first-order valence-electron chi connectivity index (χ1n) is 8.52. The summed E-state index contributed by atoms with van der Waals surface area (Å²) in [7, 11) is 1.75. The Bertz CT molecular complexity index is 1010. The van der Waals surface area contributed by atoms with E-state index < -0.39 is 11.7 Å². The van der Waals surface area contributed by atoms with Gasteiger partial charge in [0.25, 0.3) is 0 Å². The highest BCUT2D eigenvalue weighted by molar-refractivity contribution is 7.99. The molecule has 0 bridgehead atoms. The van der Waals surface area contributed by atoms with Crippen molar-refractivity contribution in [3.05, 3.63) is 60.2 Å². The Morgan fingerprint density at radius 3 is 2.24 bits per heavy atom. The number of carbonyl (C=O) groups excluding carboxylic acids is 2. The van der Waals surface area contributed by atoms with Gasteiger partial charge in [0, 0.05) is 18.3 Å². The second kappa shape index (κ2) is 9.28. The third-order valence-corrected chi connectivity index (χ3v) is 4.86. The number of rotatable bonds is 7. The SMILES string of the molecule is Cn1c(SCC(=O)NCC(=O)Nc2ccc(F)cc2)nnc1-c1ccc(F)cc1. The molecule has 150 valence electrons. The number of nitrogens with one attached hydrogen (secondary N) is 2. The van der Waals surface area contributed by atoms with Gasteiger partial charge in [-0.2, -0.15) is 0 Å². The lowest BCUT2D eigenvalue weighted by Crippen LogP contribution is -2.33. The van der Waals surface area contributed by atoms with Gasteiger partial charge in [-0.1, -0.05) is 11.8 Å². The Labute approximate surface area is 169 Å². The zero-order valence-electron chi connectivity index (χ0n) is 15.4. The monoisotopic (exact) mass is 417 g/mol. The lowest BCUT2D eigenvalue weighted by atomic mass is 10.2. The Morgan fingerprint density at radius 1 is 0.966 bits per heavy atom. The average Bonchev–Trinajstić information content (AvgIpc) is 3.07. The number of carbonyl (C=O) groups is 2. The van der Waals surface area contributed by atoms with Crippen molar-refractivity contribution in [1.82, 2.24) is 20.1 Å². The van der Waals surface area contributed by atoms with Gasteiger partial charge in [-0.3, -0.25) is 9.59 Å². The molecule has 1 heterocycles. The van der Waals surface area contributed by atoms with Gasteiger partial charge in [-0.05, 0) is 48.5 Å². The van der Waals surface area contributed by atoms with Crippen LogP contribution >= 0.6 is 11.8 Å². The van der Waals surface area contributed by atoms with E-state index in [1.165, 1.54) is 36.4 Å². The summed E-state index contributed by atoms with van der Waals surface area (Å²) in [5.74, 6) is -0.932. The minimum Gasteiger partial charge on any atom is -0.346 e. The molecule has 0 fully saturated rings. The Hall–Kier alpha value is -3.27. The highest BCUT2D eigenvalue weighted by Crippen LogP contribution is 2.22. The molecule has 0 aliphatic heterocycles. The molecule has 0 saturated heterocycles. The van der Waals surface area contributed by atoms with E-state index in [0.717, 1.165) is 11.8 Å². The van der Waals surface area contributed by atoms with Gasteiger partial charge in [0.15, 0.2) is 11.0 Å². The molecule has 0 aliphatic carbocycles. The summed E-state index contributed by atoms with van der Waals surface area (Å²) in [5, 5.41) is 13.7. The number of anilines is 1. The molecule has 1 aromatic heterocycles. The smallest absolute Gasteiger partial charge is 0.243 e. The lowest BCUT2D eigenvalue weighted by molar-refractivity contribution is -0.122. The van der Waals surface area contributed by atoms with Crippen LogP contribution in [0.3, 0.4) is 0 Å². The van der Waals surface area contributed by atoms with Crippen molar-refractivity contribution in [3.63, 3.8) is 0 Å². The molecule has 2 aromatic carbocycles. The van der Waals surface area contributed by atoms with E-state index in [1.54, 1.807) is 23.7 Å². The number of amides is 2. The summed E-state index contributed by atoms with van der Waals surface area (Å²) in [6.07, 6.45) is 0. The number of aromatic nitrogens is 3. The second-order valence-electron chi connectivity index (χ2n) is 5.99. The zero-order valence-corrected chi connectivity index (χ0v) is 16.2. The summed E-state index contributed by atoms with van der Waals surface area (Å²) >= 11 is 1.16. The zero-order chi connectivity index (χ0) is 20.8. The third kappa shape index (κ3) is 5.61. The predicted octanol–water partition coefficient (Wildman–Crippen LogP) is 2.61. The minimum absolute atomic E-state index is 0.0409. The number of nitrogens with zero attached hydrogens (tertiary/aromatic N) is 3. The maximum Gasteiger partial charge on any atom is 0.243 e. The van der Waals surface area contributed by atoms with Crippen LogP contribution in [-0.2, 0) is 16.6 Å². The van der Waals surface area contributed by atoms with E-state index in [-0.39, 0.29) is 24.0 Å². The van der Waals surface area contributed by atoms with Crippen LogP contribution in [0.4, 0.5) is 14.5 Å². The average molecular weight is 417 g/mol. The van der Waals surface area contributed by atoms with E-state index in [4.69, 9.17) is 0 Å². The molecule has 0 aliphatic rings. The molecule has 0 unspecified atom stereocenters. The van der Waals surface area contributed by atoms with Crippen LogP contribution in [0.2, 0.25) is 0 Å². The van der Waals surface area contributed by atoms with Crippen LogP contribution < -0.4 is 10.6 Å². The maximum absolute atomic E-state index is 13.1. The largest absolute Gasteiger partial charge is 0.346 e. The van der Waals surface area contributed by atoms with Crippen molar-refractivity contribution in [3.8, 4) is 11.4 Å². The molecular weight excluding hydrogens is 400 g/mol. The summed E-state index contributed by atoms with van der Waals surface area (Å²) in [5.41, 5.74) is 1.14. The van der Waals surface area contributed by atoms with E-state index >= 15 is 0 Å². The van der Waals surface area contributed by atoms with Gasteiger partial charge < -0.3 is 15.2 Å². The minimum atomic E-state index is -0.424. The molecule has 29 heavy (non-hydrogen) atoms. The fraction of sp³-hybridized carbons (Fsp3) is 0.158. The topological polar surface area (TPSA) is 88.9 Å². The van der Waals surface area contributed by atoms with Crippen molar-refractivity contribution in [2.24, 2.45) is 7.05 Å². The summed E-state index contributed by atoms with van der Waals surface area (Å²) in [4.78, 5) is 23.8. The van der Waals surface area contributed by atoms with Crippen molar-refractivity contribution in [2.75, 3.05) is 17.6 Å². The first-order valence-corrected chi connectivity index (χ1v) is 9.51. The van der Waals surface area contributed by atoms with Gasteiger partial charge in [-0.25, -0.2) is 8.78 Å². The molecule has 0 radical (unpaired) electrons. The first kappa shape index (κ1) is 20.5. The lowest BCUT2D eigenvalue weighted by Gasteiger charge is -2.07. The number of hydrogen-bond acceptors (Lipinski definition) is 5. The van der Waals surface area contributed by atoms with Gasteiger partial charge in [0.05, 0.1) is 12.3 Å². The van der Waals surface area contributed by atoms with Crippen LogP contribution in [0, 0.1) is 11.6 Å². The second-order valence-corrected chi connectivity index (χ2v) is 6.94.